The fourth-order valence-corrected chi connectivity index (χ4v) is 3.30. The predicted octanol–water partition coefficient (Wildman–Crippen LogP) is 3.75. The molecular formula is C19H19NO4S. The molecule has 1 N–H and O–H groups in total. The van der Waals surface area contributed by atoms with Crippen LogP contribution in [0.25, 0.3) is 10.6 Å². The van der Waals surface area contributed by atoms with Crippen LogP contribution in [0.3, 0.4) is 0 Å². The number of para-hydroxylation sites is 2. The maximum atomic E-state index is 11.9. The highest BCUT2D eigenvalue weighted by Gasteiger charge is 2.08. The van der Waals surface area contributed by atoms with E-state index < -0.39 is 0 Å². The second kappa shape index (κ2) is 8.39. The van der Waals surface area contributed by atoms with Gasteiger partial charge in [0, 0.05) is 11.4 Å². The van der Waals surface area contributed by atoms with E-state index in [-0.39, 0.29) is 12.5 Å². The van der Waals surface area contributed by atoms with Crippen LogP contribution in [-0.2, 0) is 11.2 Å². The van der Waals surface area contributed by atoms with Gasteiger partial charge in [0.2, 0.25) is 0 Å². The van der Waals surface area contributed by atoms with Crippen LogP contribution in [0, 0.1) is 0 Å². The lowest BCUT2D eigenvalue weighted by Crippen LogP contribution is -2.30. The van der Waals surface area contributed by atoms with Gasteiger partial charge < -0.3 is 19.2 Å². The largest absolute Gasteiger partial charge is 0.493 e. The Bertz CT molecular complexity index is 810. The summed E-state index contributed by atoms with van der Waals surface area (Å²) in [7, 11) is 1.57. The van der Waals surface area contributed by atoms with E-state index in [0.717, 1.165) is 17.1 Å². The normalized spacial score (nSPS) is 10.4. The van der Waals surface area contributed by atoms with E-state index in [0.29, 0.717) is 18.0 Å². The van der Waals surface area contributed by atoms with E-state index >= 15 is 0 Å². The predicted molar refractivity (Wildman–Crippen MR) is 97.2 cm³/mol. The van der Waals surface area contributed by atoms with Crippen molar-refractivity contribution in [3.63, 3.8) is 0 Å². The van der Waals surface area contributed by atoms with Crippen LogP contribution < -0.4 is 14.8 Å². The molecule has 0 radical (unpaired) electrons. The number of ether oxygens (including phenoxy) is 2. The van der Waals surface area contributed by atoms with Gasteiger partial charge in [0.25, 0.3) is 5.91 Å². The van der Waals surface area contributed by atoms with Crippen molar-refractivity contribution in [3.8, 4) is 22.1 Å². The Balaban J connectivity index is 1.42. The van der Waals surface area contributed by atoms with Crippen molar-refractivity contribution in [2.75, 3.05) is 20.3 Å². The Morgan fingerprint density at radius 2 is 1.96 bits per heavy atom. The molecule has 25 heavy (non-hydrogen) atoms. The summed E-state index contributed by atoms with van der Waals surface area (Å²) in [5.74, 6) is 1.88. The third-order valence-corrected chi connectivity index (χ3v) is 4.71. The van der Waals surface area contributed by atoms with Crippen molar-refractivity contribution >= 4 is 17.2 Å². The lowest BCUT2D eigenvalue weighted by molar-refractivity contribution is -0.123. The van der Waals surface area contributed by atoms with E-state index in [2.05, 4.69) is 11.4 Å². The molecule has 5 nitrogen and oxygen atoms in total. The third kappa shape index (κ3) is 4.64. The number of hydrogen-bond donors (Lipinski definition) is 1. The average molecular weight is 357 g/mol. The van der Waals surface area contributed by atoms with Crippen LogP contribution in [-0.4, -0.2) is 26.2 Å². The second-order valence-corrected chi connectivity index (χ2v) is 6.45. The highest BCUT2D eigenvalue weighted by atomic mass is 32.1. The first-order valence-corrected chi connectivity index (χ1v) is 8.73. The van der Waals surface area contributed by atoms with Crippen LogP contribution in [0.15, 0.2) is 59.2 Å². The molecule has 130 valence electrons. The molecule has 1 aromatic carbocycles. The van der Waals surface area contributed by atoms with E-state index in [1.54, 1.807) is 36.8 Å². The first kappa shape index (κ1) is 17.1. The molecule has 0 bridgehead atoms. The molecular weight excluding hydrogens is 338 g/mol. The number of rotatable bonds is 8. The molecule has 0 spiro atoms. The number of furan rings is 1. The van der Waals surface area contributed by atoms with Crippen LogP contribution in [0.2, 0.25) is 0 Å². The smallest absolute Gasteiger partial charge is 0.257 e. The second-order valence-electron chi connectivity index (χ2n) is 5.28. The zero-order valence-corrected chi connectivity index (χ0v) is 14.7. The van der Waals surface area contributed by atoms with Gasteiger partial charge in [-0.25, -0.2) is 0 Å². The lowest BCUT2D eigenvalue weighted by Gasteiger charge is -2.10. The highest BCUT2D eigenvalue weighted by molar-refractivity contribution is 7.15. The lowest BCUT2D eigenvalue weighted by atomic mass is 10.3. The Morgan fingerprint density at radius 3 is 2.72 bits per heavy atom. The number of hydrogen-bond acceptors (Lipinski definition) is 5. The summed E-state index contributed by atoms with van der Waals surface area (Å²) in [6.07, 6.45) is 2.43. The first-order valence-electron chi connectivity index (χ1n) is 7.91. The highest BCUT2D eigenvalue weighted by Crippen LogP contribution is 2.28. The van der Waals surface area contributed by atoms with Gasteiger partial charge >= 0.3 is 0 Å². The first-order chi connectivity index (χ1) is 12.3. The number of carbonyl (C=O) groups is 1. The Morgan fingerprint density at radius 1 is 1.12 bits per heavy atom. The van der Waals surface area contributed by atoms with E-state index in [9.17, 15) is 4.79 Å². The zero-order chi connectivity index (χ0) is 17.5. The summed E-state index contributed by atoms with van der Waals surface area (Å²) in [5, 5.41) is 2.86. The molecule has 1 amide bonds. The number of methoxy groups -OCH3 is 1. The van der Waals surface area contributed by atoms with Crippen molar-refractivity contribution in [1.29, 1.82) is 0 Å². The van der Waals surface area contributed by atoms with Crippen LogP contribution in [0.1, 0.15) is 4.88 Å². The van der Waals surface area contributed by atoms with E-state index in [1.165, 1.54) is 4.88 Å². The van der Waals surface area contributed by atoms with Crippen molar-refractivity contribution < 1.29 is 18.7 Å². The number of amides is 1. The molecule has 3 aromatic rings. The number of carbonyl (C=O) groups excluding carboxylic acids is 1. The summed E-state index contributed by atoms with van der Waals surface area (Å²) in [6, 6.07) is 15.1. The van der Waals surface area contributed by atoms with Crippen LogP contribution in [0.4, 0.5) is 0 Å². The fraction of sp³-hybridized carbons (Fsp3) is 0.211. The maximum absolute atomic E-state index is 11.9. The molecule has 6 heteroatoms. The number of nitrogens with one attached hydrogen (secondary N) is 1. The van der Waals surface area contributed by atoms with Crippen LogP contribution >= 0.6 is 11.3 Å². The van der Waals surface area contributed by atoms with Gasteiger partial charge in [-0.3, -0.25) is 4.79 Å². The molecule has 0 fully saturated rings. The fourth-order valence-electron chi connectivity index (χ4n) is 2.32. The van der Waals surface area contributed by atoms with Crippen molar-refractivity contribution in [1.82, 2.24) is 5.32 Å². The Labute approximate surface area is 150 Å². The third-order valence-electron chi connectivity index (χ3n) is 3.55. The molecule has 3 rings (SSSR count). The van der Waals surface area contributed by atoms with E-state index in [4.69, 9.17) is 13.9 Å². The van der Waals surface area contributed by atoms with Gasteiger partial charge in [0.05, 0.1) is 18.3 Å². The molecule has 0 aliphatic rings. The minimum absolute atomic E-state index is 0.0392. The maximum Gasteiger partial charge on any atom is 0.257 e. The Kier molecular flexibility index (Phi) is 5.74. The summed E-state index contributed by atoms with van der Waals surface area (Å²) in [4.78, 5) is 14.2. The molecule has 0 saturated carbocycles. The molecule has 2 aromatic heterocycles. The topological polar surface area (TPSA) is 60.7 Å². The van der Waals surface area contributed by atoms with Gasteiger partial charge in [-0.2, -0.15) is 0 Å². The minimum atomic E-state index is -0.159. The zero-order valence-electron chi connectivity index (χ0n) is 13.9. The molecule has 0 aliphatic carbocycles. The van der Waals surface area contributed by atoms with Gasteiger partial charge in [-0.05, 0) is 42.8 Å². The average Bonchev–Trinajstić information content (AvgIpc) is 3.31. The molecule has 0 unspecified atom stereocenters. The summed E-state index contributed by atoms with van der Waals surface area (Å²) in [6.45, 7) is 0.523. The quantitative estimate of drug-likeness (QED) is 0.667. The van der Waals surface area contributed by atoms with Crippen molar-refractivity contribution in [3.05, 3.63) is 59.7 Å². The minimum Gasteiger partial charge on any atom is -0.493 e. The van der Waals surface area contributed by atoms with Gasteiger partial charge in [-0.1, -0.05) is 12.1 Å². The molecule has 0 aliphatic heterocycles. The van der Waals surface area contributed by atoms with Gasteiger partial charge in [0.1, 0.15) is 5.76 Å². The van der Waals surface area contributed by atoms with Gasteiger partial charge in [0.15, 0.2) is 18.1 Å². The Hall–Kier alpha value is -2.73. The SMILES string of the molecule is COc1ccccc1OCC(=O)NCCc1ccc(-c2ccco2)s1. The van der Waals surface area contributed by atoms with Crippen molar-refractivity contribution in [2.45, 2.75) is 6.42 Å². The number of benzene rings is 1. The number of thiophene rings is 1. The summed E-state index contributed by atoms with van der Waals surface area (Å²) < 4.78 is 16.1. The standard InChI is InChI=1S/C19H19NO4S/c1-22-15-5-2-3-6-16(15)24-13-19(21)20-11-10-14-8-9-18(25-14)17-7-4-12-23-17/h2-9,12H,10-11,13H2,1H3,(H,20,21). The van der Waals surface area contributed by atoms with Crippen molar-refractivity contribution in [2.24, 2.45) is 0 Å². The summed E-state index contributed by atoms with van der Waals surface area (Å²) in [5.41, 5.74) is 0. The molecule has 0 saturated heterocycles. The molecule has 2 heterocycles. The van der Waals surface area contributed by atoms with Crippen LogP contribution in [0.5, 0.6) is 11.5 Å². The monoisotopic (exact) mass is 357 g/mol. The summed E-state index contributed by atoms with van der Waals surface area (Å²) >= 11 is 1.66. The van der Waals surface area contributed by atoms with Gasteiger partial charge in [-0.15, -0.1) is 11.3 Å². The van der Waals surface area contributed by atoms with E-state index in [1.807, 2.05) is 30.3 Å². The molecule has 0 atom stereocenters.